The first-order valence-corrected chi connectivity index (χ1v) is 8.20. The molecule has 6 nitrogen and oxygen atoms in total. The van der Waals surface area contributed by atoms with Gasteiger partial charge in [0.15, 0.2) is 5.17 Å². The van der Waals surface area contributed by atoms with E-state index < -0.39 is 11.9 Å². The topological polar surface area (TPSA) is 93.8 Å². The van der Waals surface area contributed by atoms with Gasteiger partial charge in [-0.25, -0.2) is 4.79 Å². The van der Waals surface area contributed by atoms with E-state index in [0.717, 1.165) is 10.6 Å². The molecule has 0 fully saturated rings. The molecule has 0 saturated carbocycles. The highest BCUT2D eigenvalue weighted by molar-refractivity contribution is 8.15. The van der Waals surface area contributed by atoms with Gasteiger partial charge >= 0.3 is 5.97 Å². The summed E-state index contributed by atoms with van der Waals surface area (Å²) in [7, 11) is 0. The fourth-order valence-corrected chi connectivity index (χ4v) is 3.67. The fraction of sp³-hybridized carbons (Fsp3) is 0. The second-order valence-electron chi connectivity index (χ2n) is 5.44. The highest BCUT2D eigenvalue weighted by atomic mass is 32.2. The van der Waals surface area contributed by atoms with Gasteiger partial charge in [0.2, 0.25) is 0 Å². The van der Waals surface area contributed by atoms with E-state index in [-0.39, 0.29) is 17.0 Å². The van der Waals surface area contributed by atoms with Crippen LogP contribution in [0.3, 0.4) is 0 Å². The van der Waals surface area contributed by atoms with Crippen molar-refractivity contribution >= 4 is 46.4 Å². The molecule has 2 aliphatic heterocycles. The molecule has 2 aliphatic rings. The predicted molar refractivity (Wildman–Crippen MR) is 96.3 cm³/mol. The van der Waals surface area contributed by atoms with E-state index in [2.05, 4.69) is 4.99 Å². The van der Waals surface area contributed by atoms with Crippen molar-refractivity contribution < 1.29 is 14.7 Å². The number of rotatable bonds is 2. The normalized spacial score (nSPS) is 17.4. The molecule has 0 radical (unpaired) electrons. The summed E-state index contributed by atoms with van der Waals surface area (Å²) in [5.41, 5.74) is 1.80. The number of carbonyl (C=O) groups is 2. The zero-order chi connectivity index (χ0) is 17.6. The lowest BCUT2D eigenvalue weighted by Crippen LogP contribution is -2.39. The van der Waals surface area contributed by atoms with Crippen molar-refractivity contribution in [1.29, 1.82) is 5.41 Å². The smallest absolute Gasteiger partial charge is 0.335 e. The Morgan fingerprint density at radius 1 is 1.16 bits per heavy atom. The highest BCUT2D eigenvalue weighted by Crippen LogP contribution is 2.42. The molecule has 2 N–H and O–H groups in total. The van der Waals surface area contributed by atoms with Crippen molar-refractivity contribution in [3.8, 4) is 0 Å². The van der Waals surface area contributed by atoms with Gasteiger partial charge < -0.3 is 5.11 Å². The maximum Gasteiger partial charge on any atom is 0.335 e. The van der Waals surface area contributed by atoms with E-state index in [1.807, 2.05) is 24.3 Å². The van der Waals surface area contributed by atoms with Gasteiger partial charge in [0.25, 0.3) is 5.91 Å². The number of carboxylic acid groups (broad SMARTS) is 1. The minimum atomic E-state index is -1.01. The summed E-state index contributed by atoms with van der Waals surface area (Å²) in [5.74, 6) is -1.42. The number of carboxylic acids is 1. The third-order valence-corrected chi connectivity index (χ3v) is 4.90. The molecule has 2 aromatic rings. The maximum absolute atomic E-state index is 12.3. The summed E-state index contributed by atoms with van der Waals surface area (Å²) in [5, 5.41) is 17.9. The van der Waals surface area contributed by atoms with Crippen molar-refractivity contribution in [1.82, 2.24) is 0 Å². The van der Waals surface area contributed by atoms with Crippen LogP contribution >= 0.6 is 11.8 Å². The summed E-state index contributed by atoms with van der Waals surface area (Å²) >= 11 is 1.36. The van der Waals surface area contributed by atoms with Gasteiger partial charge in [0.05, 0.1) is 16.8 Å². The number of nitrogens with one attached hydrogen (secondary N) is 1. The minimum Gasteiger partial charge on any atom is -0.478 e. The number of aliphatic imine (C=N–C) groups is 1. The molecule has 0 aromatic heterocycles. The van der Waals surface area contributed by atoms with Crippen LogP contribution in [0.1, 0.15) is 15.9 Å². The number of amidine groups is 2. The molecule has 2 aromatic carbocycles. The minimum absolute atomic E-state index is 0.0646. The Balaban J connectivity index is 1.73. The zero-order valence-corrected chi connectivity index (χ0v) is 13.6. The number of carbonyl (C=O) groups excluding carboxylic acids is 1. The SMILES string of the molecule is N=C1C(=Cc2ccc(C(=O)O)cc2)C(=O)N=C2Sc3ccccc3N12. The molecule has 0 unspecified atom stereocenters. The van der Waals surface area contributed by atoms with Gasteiger partial charge in [-0.2, -0.15) is 4.99 Å². The maximum atomic E-state index is 12.3. The van der Waals surface area contributed by atoms with Crippen molar-refractivity contribution in [2.75, 3.05) is 4.90 Å². The zero-order valence-electron chi connectivity index (χ0n) is 12.8. The molecular formula is C18H11N3O3S. The van der Waals surface area contributed by atoms with Crippen LogP contribution in [-0.4, -0.2) is 28.0 Å². The summed E-state index contributed by atoms with van der Waals surface area (Å²) in [6.07, 6.45) is 1.56. The molecule has 0 atom stereocenters. The quantitative estimate of drug-likeness (QED) is 0.812. The Kier molecular flexibility index (Phi) is 3.51. The van der Waals surface area contributed by atoms with E-state index in [0.29, 0.717) is 10.7 Å². The molecule has 1 amide bonds. The summed E-state index contributed by atoms with van der Waals surface area (Å²) in [6.45, 7) is 0. The Hall–Kier alpha value is -3.19. The number of benzene rings is 2. The third kappa shape index (κ3) is 2.54. The Morgan fingerprint density at radius 2 is 1.88 bits per heavy atom. The van der Waals surface area contributed by atoms with E-state index in [1.165, 1.54) is 23.9 Å². The predicted octanol–water partition coefficient (Wildman–Crippen LogP) is 3.25. The molecule has 4 rings (SSSR count). The second kappa shape index (κ2) is 5.71. The molecule has 0 saturated heterocycles. The summed E-state index contributed by atoms with van der Waals surface area (Å²) in [6, 6.07) is 13.7. The number of fused-ring (bicyclic) bond motifs is 3. The van der Waals surface area contributed by atoms with Crippen LogP contribution in [0.25, 0.3) is 6.08 Å². The lowest BCUT2D eigenvalue weighted by atomic mass is 10.1. The Labute approximate surface area is 147 Å². The number of hydrogen-bond acceptors (Lipinski definition) is 4. The lowest BCUT2D eigenvalue weighted by molar-refractivity contribution is -0.113. The lowest BCUT2D eigenvalue weighted by Gasteiger charge is -2.24. The Morgan fingerprint density at radius 3 is 2.60 bits per heavy atom. The monoisotopic (exact) mass is 349 g/mol. The molecule has 7 heteroatoms. The highest BCUT2D eigenvalue weighted by Gasteiger charge is 2.37. The van der Waals surface area contributed by atoms with Gasteiger partial charge in [-0.15, -0.1) is 0 Å². The standard InChI is InChI=1S/C18H11N3O3S/c19-15-12(9-10-5-7-11(8-6-10)17(23)24)16(22)20-18-21(15)13-3-1-2-4-14(13)25-18/h1-9,19H,(H,23,24). The van der Waals surface area contributed by atoms with Crippen LogP contribution in [0, 0.1) is 5.41 Å². The first-order chi connectivity index (χ1) is 12.0. The number of thioether (sulfide) groups is 1. The number of nitrogens with zero attached hydrogens (tertiary/aromatic N) is 2. The van der Waals surface area contributed by atoms with E-state index >= 15 is 0 Å². The summed E-state index contributed by atoms with van der Waals surface area (Å²) < 4.78 is 0. The summed E-state index contributed by atoms with van der Waals surface area (Å²) in [4.78, 5) is 30.0. The largest absolute Gasteiger partial charge is 0.478 e. The van der Waals surface area contributed by atoms with Gasteiger partial charge in [-0.05, 0) is 47.7 Å². The van der Waals surface area contributed by atoms with Gasteiger partial charge in [0.1, 0.15) is 5.84 Å². The second-order valence-corrected chi connectivity index (χ2v) is 6.45. The third-order valence-electron chi connectivity index (χ3n) is 3.87. The van der Waals surface area contributed by atoms with Crippen LogP contribution in [0.15, 0.2) is 64.0 Å². The Bertz CT molecular complexity index is 993. The van der Waals surface area contributed by atoms with Gasteiger partial charge in [-0.1, -0.05) is 24.3 Å². The molecule has 25 heavy (non-hydrogen) atoms. The average molecular weight is 349 g/mol. The molecule has 122 valence electrons. The molecule has 0 bridgehead atoms. The van der Waals surface area contributed by atoms with Crippen molar-refractivity contribution in [3.63, 3.8) is 0 Å². The van der Waals surface area contributed by atoms with Crippen molar-refractivity contribution in [2.24, 2.45) is 4.99 Å². The number of aromatic carboxylic acids is 1. The average Bonchev–Trinajstić information content (AvgIpc) is 2.97. The number of para-hydroxylation sites is 1. The van der Waals surface area contributed by atoms with Crippen molar-refractivity contribution in [3.05, 3.63) is 65.2 Å². The van der Waals surface area contributed by atoms with E-state index in [9.17, 15) is 9.59 Å². The number of hydrogen-bond donors (Lipinski definition) is 2. The van der Waals surface area contributed by atoms with Crippen LogP contribution in [0.4, 0.5) is 5.69 Å². The van der Waals surface area contributed by atoms with Crippen LogP contribution in [0.5, 0.6) is 0 Å². The first-order valence-electron chi connectivity index (χ1n) is 7.38. The fourth-order valence-electron chi connectivity index (χ4n) is 2.65. The van der Waals surface area contributed by atoms with E-state index in [1.54, 1.807) is 23.1 Å². The van der Waals surface area contributed by atoms with Gasteiger partial charge in [0, 0.05) is 4.90 Å². The molecule has 0 aliphatic carbocycles. The van der Waals surface area contributed by atoms with Crippen LogP contribution < -0.4 is 4.90 Å². The van der Waals surface area contributed by atoms with Gasteiger partial charge in [-0.3, -0.25) is 15.1 Å². The number of anilines is 1. The number of amides is 1. The van der Waals surface area contributed by atoms with Crippen molar-refractivity contribution in [2.45, 2.75) is 4.90 Å². The molecular weight excluding hydrogens is 338 g/mol. The first kappa shape index (κ1) is 15.3. The molecule has 2 heterocycles. The van der Waals surface area contributed by atoms with Crippen LogP contribution in [-0.2, 0) is 4.79 Å². The molecule has 0 spiro atoms. The van der Waals surface area contributed by atoms with Crippen LogP contribution in [0.2, 0.25) is 0 Å². The van der Waals surface area contributed by atoms with E-state index in [4.69, 9.17) is 10.5 Å².